The number of nitrogens with zero attached hydrogens (tertiary/aromatic N) is 1. The lowest BCUT2D eigenvalue weighted by Gasteiger charge is -2.34. The van der Waals surface area contributed by atoms with Crippen LogP contribution in [-0.4, -0.2) is 0 Å². The van der Waals surface area contributed by atoms with Crippen LogP contribution in [0.1, 0.15) is 90.5 Å². The van der Waals surface area contributed by atoms with E-state index in [9.17, 15) is 0 Å². The minimum atomic E-state index is -0.0842. The predicted molar refractivity (Wildman–Crippen MR) is 218 cm³/mol. The summed E-state index contributed by atoms with van der Waals surface area (Å²) in [7, 11) is 0. The molecule has 0 atom stereocenters. The third kappa shape index (κ3) is 5.30. The van der Waals surface area contributed by atoms with E-state index in [4.69, 9.17) is 4.42 Å². The van der Waals surface area contributed by atoms with Crippen LogP contribution in [0.2, 0.25) is 0 Å². The van der Waals surface area contributed by atoms with Gasteiger partial charge in [-0.3, -0.25) is 0 Å². The SMILES string of the molecule is CCC1(CC)c2cc(C(C)(C)C)ccc2-c2c(N(c3ccc(-c4ccccc4)cc3)c3cccc4oc5ccccc5c34)cc(C(C)(C)C)cc21. The number of anilines is 3. The summed E-state index contributed by atoms with van der Waals surface area (Å²) in [4.78, 5) is 2.52. The molecule has 8 rings (SSSR count). The summed E-state index contributed by atoms with van der Waals surface area (Å²) in [6.45, 7) is 18.8. The van der Waals surface area contributed by atoms with Crippen LogP contribution in [0.4, 0.5) is 17.1 Å². The fourth-order valence-corrected chi connectivity index (χ4v) is 8.46. The molecular formula is C49H49NO. The van der Waals surface area contributed by atoms with E-state index >= 15 is 0 Å². The van der Waals surface area contributed by atoms with Gasteiger partial charge in [0.1, 0.15) is 11.2 Å². The molecule has 256 valence electrons. The van der Waals surface area contributed by atoms with Gasteiger partial charge in [-0.2, -0.15) is 0 Å². The molecule has 0 bridgehead atoms. The highest BCUT2D eigenvalue weighted by Gasteiger charge is 2.44. The molecule has 0 unspecified atom stereocenters. The zero-order valence-corrected chi connectivity index (χ0v) is 31.4. The van der Waals surface area contributed by atoms with Gasteiger partial charge in [-0.05, 0) is 99.0 Å². The number of furan rings is 1. The van der Waals surface area contributed by atoms with Crippen LogP contribution in [0, 0.1) is 0 Å². The Morgan fingerprint density at radius 1 is 0.549 bits per heavy atom. The first-order valence-corrected chi connectivity index (χ1v) is 18.6. The van der Waals surface area contributed by atoms with Crippen molar-refractivity contribution in [3.05, 3.63) is 150 Å². The van der Waals surface area contributed by atoms with E-state index in [0.29, 0.717) is 0 Å². The Morgan fingerprint density at radius 2 is 1.18 bits per heavy atom. The van der Waals surface area contributed by atoms with Gasteiger partial charge in [0.25, 0.3) is 0 Å². The summed E-state index contributed by atoms with van der Waals surface area (Å²) in [5.74, 6) is 0. The molecule has 0 spiro atoms. The van der Waals surface area contributed by atoms with Crippen molar-refractivity contribution in [3.63, 3.8) is 0 Å². The molecule has 2 nitrogen and oxygen atoms in total. The Kier molecular flexibility index (Phi) is 7.79. The quantitative estimate of drug-likeness (QED) is 0.175. The van der Waals surface area contributed by atoms with Crippen molar-refractivity contribution < 1.29 is 4.42 Å². The number of benzene rings is 6. The summed E-state index contributed by atoms with van der Waals surface area (Å²) >= 11 is 0. The second kappa shape index (κ2) is 12.0. The van der Waals surface area contributed by atoms with Gasteiger partial charge in [0.2, 0.25) is 0 Å². The molecule has 1 aromatic heterocycles. The number of fused-ring (bicyclic) bond motifs is 6. The fourth-order valence-electron chi connectivity index (χ4n) is 8.46. The number of para-hydroxylation sites is 1. The van der Waals surface area contributed by atoms with Crippen LogP contribution in [-0.2, 0) is 16.2 Å². The Labute approximate surface area is 303 Å². The number of hydrogen-bond acceptors (Lipinski definition) is 2. The zero-order chi connectivity index (χ0) is 35.7. The Balaban J connectivity index is 1.49. The average molecular weight is 668 g/mol. The molecule has 51 heavy (non-hydrogen) atoms. The largest absolute Gasteiger partial charge is 0.456 e. The fraction of sp³-hybridized carbons (Fsp3) is 0.265. The Bertz CT molecular complexity index is 2390. The lowest BCUT2D eigenvalue weighted by Crippen LogP contribution is -2.25. The van der Waals surface area contributed by atoms with Crippen molar-refractivity contribution in [2.75, 3.05) is 4.90 Å². The zero-order valence-electron chi connectivity index (χ0n) is 31.4. The molecule has 0 amide bonds. The van der Waals surface area contributed by atoms with Crippen LogP contribution in [0.15, 0.2) is 132 Å². The van der Waals surface area contributed by atoms with Crippen molar-refractivity contribution in [3.8, 4) is 22.3 Å². The van der Waals surface area contributed by atoms with Crippen molar-refractivity contribution >= 4 is 39.0 Å². The van der Waals surface area contributed by atoms with Gasteiger partial charge in [-0.15, -0.1) is 0 Å². The number of rotatable bonds is 6. The normalized spacial score (nSPS) is 13.8. The van der Waals surface area contributed by atoms with E-state index in [2.05, 4.69) is 188 Å². The van der Waals surface area contributed by atoms with Crippen molar-refractivity contribution in [2.24, 2.45) is 0 Å². The van der Waals surface area contributed by atoms with Gasteiger partial charge in [0, 0.05) is 22.1 Å². The van der Waals surface area contributed by atoms with Gasteiger partial charge in [-0.25, -0.2) is 0 Å². The first-order chi connectivity index (χ1) is 24.4. The summed E-state index contributed by atoms with van der Waals surface area (Å²) in [5, 5.41) is 2.26. The second-order valence-electron chi connectivity index (χ2n) is 16.5. The number of hydrogen-bond donors (Lipinski definition) is 0. The van der Waals surface area contributed by atoms with E-state index in [1.165, 1.54) is 50.2 Å². The van der Waals surface area contributed by atoms with Gasteiger partial charge < -0.3 is 9.32 Å². The lowest BCUT2D eigenvalue weighted by molar-refractivity contribution is 0.485. The first kappa shape index (κ1) is 33.1. The predicted octanol–water partition coefficient (Wildman–Crippen LogP) is 14.4. The standard InChI is InChI=1S/C49H49NO/c1-9-49(10-2)39-29-34(47(3,4)5)25-28-37(39)45-40(49)30-35(48(6,7)8)31-42(45)50(36-26-23-33(24-27-36)32-17-12-11-13-18-32)41-20-16-22-44-46(41)38-19-14-15-21-43(38)51-44/h11-31H,9-10H2,1-8H3. The highest BCUT2D eigenvalue weighted by Crippen LogP contribution is 2.59. The van der Waals surface area contributed by atoms with Crippen LogP contribution in [0.3, 0.4) is 0 Å². The van der Waals surface area contributed by atoms with Gasteiger partial charge in [0.05, 0.1) is 16.8 Å². The van der Waals surface area contributed by atoms with Gasteiger partial charge in [-0.1, -0.05) is 146 Å². The molecule has 6 aromatic carbocycles. The lowest BCUT2D eigenvalue weighted by atomic mass is 9.71. The molecule has 0 aliphatic heterocycles. The van der Waals surface area contributed by atoms with Crippen LogP contribution in [0.5, 0.6) is 0 Å². The second-order valence-corrected chi connectivity index (χ2v) is 16.5. The van der Waals surface area contributed by atoms with Crippen molar-refractivity contribution in [2.45, 2.75) is 84.5 Å². The third-order valence-corrected chi connectivity index (χ3v) is 11.5. The Morgan fingerprint density at radius 3 is 1.86 bits per heavy atom. The first-order valence-electron chi connectivity index (χ1n) is 18.6. The minimum absolute atomic E-state index is 0.0560. The van der Waals surface area contributed by atoms with Crippen LogP contribution < -0.4 is 4.90 Å². The van der Waals surface area contributed by atoms with Crippen molar-refractivity contribution in [1.82, 2.24) is 0 Å². The molecule has 2 heteroatoms. The van der Waals surface area contributed by atoms with E-state index in [-0.39, 0.29) is 16.2 Å². The molecule has 1 aliphatic carbocycles. The summed E-state index contributed by atoms with van der Waals surface area (Å²) < 4.78 is 6.51. The maximum absolute atomic E-state index is 6.51. The summed E-state index contributed by atoms with van der Waals surface area (Å²) in [5.41, 5.74) is 16.0. The molecule has 0 saturated carbocycles. The molecular weight excluding hydrogens is 619 g/mol. The molecule has 1 aliphatic rings. The summed E-state index contributed by atoms with van der Waals surface area (Å²) in [6.07, 6.45) is 2.08. The molecule has 0 N–H and O–H groups in total. The average Bonchev–Trinajstić information content (AvgIpc) is 3.65. The topological polar surface area (TPSA) is 16.4 Å². The smallest absolute Gasteiger partial charge is 0.137 e. The highest BCUT2D eigenvalue weighted by molar-refractivity contribution is 6.14. The molecule has 0 saturated heterocycles. The third-order valence-electron chi connectivity index (χ3n) is 11.5. The maximum atomic E-state index is 6.51. The van der Waals surface area contributed by atoms with Gasteiger partial charge >= 0.3 is 0 Å². The Hall–Kier alpha value is -5.08. The monoisotopic (exact) mass is 667 g/mol. The molecule has 7 aromatic rings. The molecule has 0 radical (unpaired) electrons. The van der Waals surface area contributed by atoms with E-state index in [1.54, 1.807) is 0 Å². The molecule has 1 heterocycles. The minimum Gasteiger partial charge on any atom is -0.456 e. The summed E-state index contributed by atoms with van der Waals surface area (Å²) in [6, 6.07) is 47.1. The van der Waals surface area contributed by atoms with E-state index < -0.39 is 0 Å². The van der Waals surface area contributed by atoms with Gasteiger partial charge in [0.15, 0.2) is 0 Å². The molecule has 0 fully saturated rings. The highest BCUT2D eigenvalue weighted by atomic mass is 16.3. The van der Waals surface area contributed by atoms with E-state index in [0.717, 1.165) is 46.2 Å². The van der Waals surface area contributed by atoms with Crippen LogP contribution >= 0.6 is 0 Å². The maximum Gasteiger partial charge on any atom is 0.137 e. The van der Waals surface area contributed by atoms with Crippen molar-refractivity contribution in [1.29, 1.82) is 0 Å². The van der Waals surface area contributed by atoms with E-state index in [1.807, 2.05) is 0 Å². The van der Waals surface area contributed by atoms with Crippen LogP contribution in [0.25, 0.3) is 44.2 Å².